The van der Waals surface area contributed by atoms with Crippen LogP contribution in [0.3, 0.4) is 0 Å². The summed E-state index contributed by atoms with van der Waals surface area (Å²) in [6, 6.07) is 11.0. The van der Waals surface area contributed by atoms with Crippen molar-refractivity contribution in [1.29, 1.82) is 0 Å². The van der Waals surface area contributed by atoms with Crippen LogP contribution in [0.4, 0.5) is 0 Å². The minimum atomic E-state index is 0.278. The van der Waals surface area contributed by atoms with Crippen molar-refractivity contribution in [2.75, 3.05) is 0 Å². The second-order valence-electron chi connectivity index (χ2n) is 6.36. The molecule has 1 unspecified atom stereocenters. The fourth-order valence-electron chi connectivity index (χ4n) is 2.27. The zero-order chi connectivity index (χ0) is 14.4. The van der Waals surface area contributed by atoms with Crippen LogP contribution < -0.4 is 5.32 Å². The number of hydrogen-bond donors (Lipinski definition) is 1. The molecule has 3 nitrogen and oxygen atoms in total. The van der Waals surface area contributed by atoms with Crippen LogP contribution in [0.1, 0.15) is 44.4 Å². The molecule has 0 amide bonds. The van der Waals surface area contributed by atoms with Gasteiger partial charge in [-0.05, 0) is 17.4 Å². The van der Waals surface area contributed by atoms with E-state index in [2.05, 4.69) is 66.4 Å². The van der Waals surface area contributed by atoms with Crippen LogP contribution in [-0.2, 0) is 6.54 Å². The summed E-state index contributed by atoms with van der Waals surface area (Å²) in [6.45, 7) is 7.61. The van der Waals surface area contributed by atoms with E-state index in [0.29, 0.717) is 6.04 Å². The SMILES string of the molecule is CC(C)(C)CC(NCc1cncnc1)c1ccccc1. The summed E-state index contributed by atoms with van der Waals surface area (Å²) < 4.78 is 0. The van der Waals surface area contributed by atoms with Gasteiger partial charge in [0.15, 0.2) is 0 Å². The van der Waals surface area contributed by atoms with Crippen molar-refractivity contribution in [3.63, 3.8) is 0 Å². The predicted molar refractivity (Wildman–Crippen MR) is 82.1 cm³/mol. The Morgan fingerprint density at radius 1 is 1.05 bits per heavy atom. The lowest BCUT2D eigenvalue weighted by molar-refractivity contribution is 0.310. The van der Waals surface area contributed by atoms with Crippen LogP contribution in [0.15, 0.2) is 49.1 Å². The number of rotatable bonds is 5. The Kier molecular flexibility index (Phi) is 4.85. The van der Waals surface area contributed by atoms with Gasteiger partial charge in [-0.25, -0.2) is 9.97 Å². The van der Waals surface area contributed by atoms with E-state index in [0.717, 1.165) is 18.5 Å². The first-order chi connectivity index (χ1) is 9.54. The largest absolute Gasteiger partial charge is 0.306 e. The van der Waals surface area contributed by atoms with Gasteiger partial charge in [-0.15, -0.1) is 0 Å². The molecular weight excluding hydrogens is 246 g/mol. The Balaban J connectivity index is 2.07. The van der Waals surface area contributed by atoms with Crippen molar-refractivity contribution < 1.29 is 0 Å². The molecule has 0 aliphatic rings. The minimum Gasteiger partial charge on any atom is -0.306 e. The highest BCUT2D eigenvalue weighted by Gasteiger charge is 2.19. The summed E-state index contributed by atoms with van der Waals surface area (Å²) in [5, 5.41) is 3.63. The summed E-state index contributed by atoms with van der Waals surface area (Å²) in [5.74, 6) is 0. The van der Waals surface area contributed by atoms with Crippen LogP contribution in [-0.4, -0.2) is 9.97 Å². The van der Waals surface area contributed by atoms with Crippen molar-refractivity contribution >= 4 is 0 Å². The molecule has 1 aromatic carbocycles. The summed E-state index contributed by atoms with van der Waals surface area (Å²) in [7, 11) is 0. The molecule has 2 rings (SSSR count). The highest BCUT2D eigenvalue weighted by molar-refractivity contribution is 5.19. The van der Waals surface area contributed by atoms with E-state index in [4.69, 9.17) is 0 Å². The Hall–Kier alpha value is -1.74. The number of benzene rings is 1. The second-order valence-corrected chi connectivity index (χ2v) is 6.36. The van der Waals surface area contributed by atoms with Gasteiger partial charge in [0, 0.05) is 30.5 Å². The summed E-state index contributed by atoms with van der Waals surface area (Å²) >= 11 is 0. The van der Waals surface area contributed by atoms with E-state index < -0.39 is 0 Å². The highest BCUT2D eigenvalue weighted by Crippen LogP contribution is 2.29. The Labute approximate surface area is 121 Å². The molecule has 106 valence electrons. The third kappa shape index (κ3) is 4.74. The Bertz CT molecular complexity index is 503. The quantitative estimate of drug-likeness (QED) is 0.898. The first-order valence-electron chi connectivity index (χ1n) is 7.07. The van der Waals surface area contributed by atoms with Crippen molar-refractivity contribution in [2.45, 2.75) is 39.8 Å². The van der Waals surface area contributed by atoms with Crippen LogP contribution in [0, 0.1) is 5.41 Å². The number of aromatic nitrogens is 2. The maximum Gasteiger partial charge on any atom is 0.115 e. The van der Waals surface area contributed by atoms with Crippen molar-refractivity contribution in [3.05, 3.63) is 60.2 Å². The van der Waals surface area contributed by atoms with E-state index in [1.165, 1.54) is 5.56 Å². The average molecular weight is 269 g/mol. The molecule has 20 heavy (non-hydrogen) atoms. The summed E-state index contributed by atoms with van der Waals surface area (Å²) in [4.78, 5) is 8.12. The molecule has 1 atom stereocenters. The molecule has 0 saturated heterocycles. The molecule has 1 heterocycles. The van der Waals surface area contributed by atoms with Gasteiger partial charge in [0.1, 0.15) is 6.33 Å². The van der Waals surface area contributed by atoms with Crippen LogP contribution >= 0.6 is 0 Å². The monoisotopic (exact) mass is 269 g/mol. The normalized spacial score (nSPS) is 13.2. The van der Waals surface area contributed by atoms with E-state index in [-0.39, 0.29) is 5.41 Å². The molecule has 0 aliphatic carbocycles. The van der Waals surface area contributed by atoms with Gasteiger partial charge < -0.3 is 5.32 Å². The maximum absolute atomic E-state index is 4.06. The van der Waals surface area contributed by atoms with Gasteiger partial charge in [-0.1, -0.05) is 51.1 Å². The van der Waals surface area contributed by atoms with Gasteiger partial charge in [0.25, 0.3) is 0 Å². The average Bonchev–Trinajstić information content (AvgIpc) is 2.44. The van der Waals surface area contributed by atoms with Gasteiger partial charge in [0.05, 0.1) is 0 Å². The topological polar surface area (TPSA) is 37.8 Å². The Morgan fingerprint density at radius 3 is 2.30 bits per heavy atom. The van der Waals surface area contributed by atoms with Gasteiger partial charge >= 0.3 is 0 Å². The zero-order valence-corrected chi connectivity index (χ0v) is 12.5. The summed E-state index contributed by atoms with van der Waals surface area (Å²) in [6.07, 6.45) is 6.37. The minimum absolute atomic E-state index is 0.278. The van der Waals surface area contributed by atoms with Gasteiger partial charge in [0.2, 0.25) is 0 Å². The first kappa shape index (κ1) is 14.7. The molecule has 3 heteroatoms. The van der Waals surface area contributed by atoms with Gasteiger partial charge in [-0.3, -0.25) is 0 Å². The smallest absolute Gasteiger partial charge is 0.115 e. The molecular formula is C17H23N3. The fraction of sp³-hybridized carbons (Fsp3) is 0.412. The zero-order valence-electron chi connectivity index (χ0n) is 12.5. The van der Waals surface area contributed by atoms with Crippen LogP contribution in [0.25, 0.3) is 0 Å². The molecule has 0 saturated carbocycles. The highest BCUT2D eigenvalue weighted by atomic mass is 14.9. The molecule has 0 aliphatic heterocycles. The Morgan fingerprint density at radius 2 is 1.70 bits per heavy atom. The third-order valence-electron chi connectivity index (χ3n) is 3.19. The van der Waals surface area contributed by atoms with Crippen molar-refractivity contribution in [3.8, 4) is 0 Å². The van der Waals surface area contributed by atoms with E-state index in [1.54, 1.807) is 6.33 Å². The van der Waals surface area contributed by atoms with E-state index in [9.17, 15) is 0 Å². The van der Waals surface area contributed by atoms with Gasteiger partial charge in [-0.2, -0.15) is 0 Å². The lowest BCUT2D eigenvalue weighted by Crippen LogP contribution is -2.25. The van der Waals surface area contributed by atoms with E-state index in [1.807, 2.05) is 12.4 Å². The molecule has 2 aromatic rings. The molecule has 1 N–H and O–H groups in total. The number of nitrogens with one attached hydrogen (secondary N) is 1. The lowest BCUT2D eigenvalue weighted by atomic mass is 9.85. The molecule has 1 aromatic heterocycles. The van der Waals surface area contributed by atoms with Crippen molar-refractivity contribution in [1.82, 2.24) is 15.3 Å². The van der Waals surface area contributed by atoms with E-state index >= 15 is 0 Å². The standard InChI is InChI=1S/C17H23N3/c1-17(2,3)9-16(15-7-5-4-6-8-15)20-12-14-10-18-13-19-11-14/h4-8,10-11,13,16,20H,9,12H2,1-3H3. The van der Waals surface area contributed by atoms with Crippen LogP contribution in [0.2, 0.25) is 0 Å². The maximum atomic E-state index is 4.06. The lowest BCUT2D eigenvalue weighted by Gasteiger charge is -2.27. The number of nitrogens with zero attached hydrogens (tertiary/aromatic N) is 2. The first-order valence-corrected chi connectivity index (χ1v) is 7.07. The molecule has 0 bridgehead atoms. The third-order valence-corrected chi connectivity index (χ3v) is 3.19. The number of hydrogen-bond acceptors (Lipinski definition) is 3. The molecule has 0 fully saturated rings. The molecule has 0 spiro atoms. The second kappa shape index (κ2) is 6.62. The van der Waals surface area contributed by atoms with Crippen LogP contribution in [0.5, 0.6) is 0 Å². The fourth-order valence-corrected chi connectivity index (χ4v) is 2.27. The summed E-state index contributed by atoms with van der Waals surface area (Å²) in [5.41, 5.74) is 2.72. The van der Waals surface area contributed by atoms with Crippen molar-refractivity contribution in [2.24, 2.45) is 5.41 Å². The predicted octanol–water partition coefficient (Wildman–Crippen LogP) is 3.74. The molecule has 0 radical (unpaired) electrons.